The lowest BCUT2D eigenvalue weighted by molar-refractivity contribution is -0.139. The van der Waals surface area contributed by atoms with Crippen LogP contribution < -0.4 is 0 Å². The first-order valence-corrected chi connectivity index (χ1v) is 4.76. The average molecular weight is 199 g/mol. The van der Waals surface area contributed by atoms with Crippen molar-refractivity contribution in [3.8, 4) is 0 Å². The Morgan fingerprint density at radius 3 is 2.14 bits per heavy atom. The van der Waals surface area contributed by atoms with Gasteiger partial charge in [-0.05, 0) is 24.7 Å². The highest BCUT2D eigenvalue weighted by Gasteiger charge is 2.59. The minimum absolute atomic E-state index is 0.0716. The van der Waals surface area contributed by atoms with E-state index in [0.29, 0.717) is 25.9 Å². The molecule has 2 fully saturated rings. The second-order valence-corrected chi connectivity index (χ2v) is 4.23. The van der Waals surface area contributed by atoms with Crippen LogP contribution in [0.1, 0.15) is 19.3 Å². The Labute approximate surface area is 81.3 Å². The molecule has 1 saturated carbocycles. The molecule has 1 amide bonds. The molecule has 5 nitrogen and oxygen atoms in total. The predicted molar refractivity (Wildman–Crippen MR) is 47.0 cm³/mol. The summed E-state index contributed by atoms with van der Waals surface area (Å²) in [6.45, 7) is 0.970. The van der Waals surface area contributed by atoms with Crippen LogP contribution in [0.25, 0.3) is 0 Å². The van der Waals surface area contributed by atoms with E-state index >= 15 is 0 Å². The van der Waals surface area contributed by atoms with Crippen molar-refractivity contribution in [2.24, 2.45) is 11.3 Å². The summed E-state index contributed by atoms with van der Waals surface area (Å²) in [7, 11) is 0. The molecule has 1 spiro atoms. The van der Waals surface area contributed by atoms with Crippen LogP contribution >= 0.6 is 0 Å². The topological polar surface area (TPSA) is 77.8 Å². The van der Waals surface area contributed by atoms with Crippen LogP contribution in [-0.4, -0.2) is 40.3 Å². The van der Waals surface area contributed by atoms with Gasteiger partial charge in [0.1, 0.15) is 0 Å². The second kappa shape index (κ2) is 2.87. The molecular weight excluding hydrogens is 186 g/mol. The number of hydrogen-bond acceptors (Lipinski definition) is 2. The molecule has 1 atom stereocenters. The molecule has 0 aromatic carbocycles. The molecule has 0 unspecified atom stereocenters. The Morgan fingerprint density at radius 2 is 1.79 bits per heavy atom. The van der Waals surface area contributed by atoms with E-state index < -0.39 is 12.1 Å². The number of rotatable bonds is 1. The van der Waals surface area contributed by atoms with Crippen molar-refractivity contribution in [3.63, 3.8) is 0 Å². The van der Waals surface area contributed by atoms with E-state index in [2.05, 4.69) is 0 Å². The van der Waals surface area contributed by atoms with Crippen molar-refractivity contribution >= 4 is 12.1 Å². The number of hydrogen-bond donors (Lipinski definition) is 2. The van der Waals surface area contributed by atoms with Crippen LogP contribution in [0.2, 0.25) is 0 Å². The zero-order valence-corrected chi connectivity index (χ0v) is 7.77. The summed E-state index contributed by atoms with van der Waals surface area (Å²) in [6, 6.07) is 0. The Balaban J connectivity index is 1.92. The normalized spacial score (nSPS) is 28.9. The molecule has 0 bridgehead atoms. The Kier molecular flexibility index (Phi) is 1.90. The van der Waals surface area contributed by atoms with Crippen molar-refractivity contribution < 1.29 is 19.8 Å². The fourth-order valence-electron chi connectivity index (χ4n) is 2.39. The predicted octanol–water partition coefficient (Wildman–Crippen LogP) is 0.851. The van der Waals surface area contributed by atoms with Gasteiger partial charge < -0.3 is 15.1 Å². The van der Waals surface area contributed by atoms with E-state index in [-0.39, 0.29) is 11.3 Å². The molecule has 0 aromatic rings. The number of aliphatic carboxylic acids is 1. The van der Waals surface area contributed by atoms with E-state index in [1.54, 1.807) is 0 Å². The van der Waals surface area contributed by atoms with Gasteiger partial charge in [0.25, 0.3) is 0 Å². The van der Waals surface area contributed by atoms with Gasteiger partial charge in [-0.1, -0.05) is 0 Å². The average Bonchev–Trinajstić information content (AvgIpc) is 2.80. The van der Waals surface area contributed by atoms with Gasteiger partial charge in [-0.25, -0.2) is 4.79 Å². The fraction of sp³-hybridized carbons (Fsp3) is 0.778. The largest absolute Gasteiger partial charge is 0.481 e. The maximum Gasteiger partial charge on any atom is 0.407 e. The minimum atomic E-state index is -0.896. The molecule has 2 rings (SSSR count). The Bertz CT molecular complexity index is 281. The van der Waals surface area contributed by atoms with Crippen LogP contribution in [0.4, 0.5) is 4.79 Å². The molecule has 5 heteroatoms. The van der Waals surface area contributed by atoms with Crippen molar-refractivity contribution in [2.75, 3.05) is 13.1 Å². The van der Waals surface area contributed by atoms with Gasteiger partial charge in [0.15, 0.2) is 0 Å². The highest BCUT2D eigenvalue weighted by molar-refractivity contribution is 5.75. The third-order valence-electron chi connectivity index (χ3n) is 3.52. The fourth-order valence-corrected chi connectivity index (χ4v) is 2.39. The molecule has 1 saturated heterocycles. The number of nitrogens with zero attached hydrogens (tertiary/aromatic N) is 1. The van der Waals surface area contributed by atoms with Crippen LogP contribution in [0.3, 0.4) is 0 Å². The first-order valence-electron chi connectivity index (χ1n) is 4.76. The zero-order chi connectivity index (χ0) is 10.3. The minimum Gasteiger partial charge on any atom is -0.481 e. The van der Waals surface area contributed by atoms with E-state index in [0.717, 1.165) is 6.42 Å². The highest BCUT2D eigenvalue weighted by Crippen LogP contribution is 2.59. The molecular formula is C9H13NO4. The first kappa shape index (κ1) is 9.30. The molecule has 2 N–H and O–H groups in total. The summed E-state index contributed by atoms with van der Waals surface area (Å²) in [5.74, 6) is -0.952. The van der Waals surface area contributed by atoms with Crippen molar-refractivity contribution in [1.82, 2.24) is 4.90 Å². The number of likely N-dealkylation sites (tertiary alicyclic amines) is 1. The summed E-state index contributed by atoms with van der Waals surface area (Å²) in [5, 5.41) is 17.5. The van der Waals surface area contributed by atoms with Gasteiger partial charge in [0.2, 0.25) is 0 Å². The standard InChI is InChI=1S/C9H13NO4/c11-7(12)6-5-9(6)1-3-10(4-2-9)8(13)14/h6H,1-5H2,(H,11,12)(H,13,14)/t6-/m0/s1. The van der Waals surface area contributed by atoms with Gasteiger partial charge in [-0.15, -0.1) is 0 Å². The molecule has 0 radical (unpaired) electrons. The lowest BCUT2D eigenvalue weighted by atomic mass is 9.91. The van der Waals surface area contributed by atoms with Gasteiger partial charge in [-0.3, -0.25) is 4.79 Å². The van der Waals surface area contributed by atoms with Crippen molar-refractivity contribution in [1.29, 1.82) is 0 Å². The number of amides is 1. The van der Waals surface area contributed by atoms with E-state index in [1.165, 1.54) is 4.90 Å². The lowest BCUT2D eigenvalue weighted by Crippen LogP contribution is -2.39. The van der Waals surface area contributed by atoms with Crippen LogP contribution in [0.5, 0.6) is 0 Å². The summed E-state index contributed by atoms with van der Waals surface area (Å²) in [6.07, 6.45) is 1.25. The zero-order valence-electron chi connectivity index (χ0n) is 7.77. The lowest BCUT2D eigenvalue weighted by Gasteiger charge is -2.30. The first-order chi connectivity index (χ1) is 6.55. The van der Waals surface area contributed by atoms with Crippen LogP contribution in [-0.2, 0) is 4.79 Å². The Hall–Kier alpha value is -1.26. The molecule has 1 aliphatic carbocycles. The quantitative estimate of drug-likeness (QED) is 0.656. The van der Waals surface area contributed by atoms with Crippen LogP contribution in [0.15, 0.2) is 0 Å². The van der Waals surface area contributed by atoms with Crippen molar-refractivity contribution in [3.05, 3.63) is 0 Å². The number of carboxylic acid groups (broad SMARTS) is 2. The van der Waals surface area contributed by atoms with Gasteiger partial charge in [0.05, 0.1) is 5.92 Å². The van der Waals surface area contributed by atoms with E-state index in [1.807, 2.05) is 0 Å². The molecule has 1 aliphatic heterocycles. The maximum absolute atomic E-state index is 10.7. The van der Waals surface area contributed by atoms with Crippen LogP contribution in [0, 0.1) is 11.3 Å². The second-order valence-electron chi connectivity index (χ2n) is 4.23. The summed E-state index contributed by atoms with van der Waals surface area (Å²) >= 11 is 0. The third-order valence-corrected chi connectivity index (χ3v) is 3.52. The van der Waals surface area contributed by atoms with Gasteiger partial charge in [-0.2, -0.15) is 0 Å². The smallest absolute Gasteiger partial charge is 0.407 e. The number of piperidine rings is 1. The van der Waals surface area contributed by atoms with Gasteiger partial charge >= 0.3 is 12.1 Å². The van der Waals surface area contributed by atoms with Gasteiger partial charge in [0, 0.05) is 13.1 Å². The molecule has 0 aromatic heterocycles. The SMILES string of the molecule is O=C(O)[C@@H]1CC12CCN(C(=O)O)CC2. The molecule has 78 valence electrons. The monoisotopic (exact) mass is 199 g/mol. The van der Waals surface area contributed by atoms with Crippen molar-refractivity contribution in [2.45, 2.75) is 19.3 Å². The summed E-state index contributed by atoms with van der Waals surface area (Å²) in [4.78, 5) is 22.7. The van der Waals surface area contributed by atoms with E-state index in [4.69, 9.17) is 10.2 Å². The third kappa shape index (κ3) is 1.32. The number of carboxylic acids is 1. The summed E-state index contributed by atoms with van der Waals surface area (Å²) < 4.78 is 0. The molecule has 1 heterocycles. The van der Waals surface area contributed by atoms with E-state index in [9.17, 15) is 9.59 Å². The molecule has 14 heavy (non-hydrogen) atoms. The Morgan fingerprint density at radius 1 is 1.21 bits per heavy atom. The summed E-state index contributed by atoms with van der Waals surface area (Å²) in [5.41, 5.74) is -0.0716. The maximum atomic E-state index is 10.7. The number of carbonyl (C=O) groups is 2. The molecule has 2 aliphatic rings. The highest BCUT2D eigenvalue weighted by atomic mass is 16.4.